The van der Waals surface area contributed by atoms with Gasteiger partial charge >= 0.3 is 0 Å². The summed E-state index contributed by atoms with van der Waals surface area (Å²) in [7, 11) is 0. The average molecular weight is 306 g/mol. The fourth-order valence-electron chi connectivity index (χ4n) is 4.50. The summed E-state index contributed by atoms with van der Waals surface area (Å²) in [5.74, 6) is 1.67. The van der Waals surface area contributed by atoms with Crippen LogP contribution in [0.25, 0.3) is 0 Å². The van der Waals surface area contributed by atoms with Gasteiger partial charge < -0.3 is 0 Å². The van der Waals surface area contributed by atoms with Gasteiger partial charge in [0.1, 0.15) is 0 Å². The Balaban J connectivity index is 2.17. The van der Waals surface area contributed by atoms with Gasteiger partial charge in [-0.1, -0.05) is 86.9 Å². The third-order valence-corrected chi connectivity index (χ3v) is 5.50. The van der Waals surface area contributed by atoms with Gasteiger partial charge in [0.15, 0.2) is 0 Å². The van der Waals surface area contributed by atoms with Crippen molar-refractivity contribution in [3.8, 4) is 0 Å². The van der Waals surface area contributed by atoms with Crippen molar-refractivity contribution in [1.29, 1.82) is 0 Å². The minimum atomic E-state index is 0.0665. The maximum Gasteiger partial charge on any atom is 0.0295 e. The van der Waals surface area contributed by atoms with Gasteiger partial charge in [0.2, 0.25) is 0 Å². The van der Waals surface area contributed by atoms with E-state index >= 15 is 0 Å². The van der Waals surface area contributed by atoms with Crippen LogP contribution < -0.4 is 0 Å². The Morgan fingerprint density at radius 1 is 1.04 bits per heavy atom. The van der Waals surface area contributed by atoms with Crippen LogP contribution in [0.2, 0.25) is 0 Å². The zero-order valence-electron chi connectivity index (χ0n) is 15.5. The van der Waals surface area contributed by atoms with E-state index in [9.17, 15) is 0 Å². The van der Waals surface area contributed by atoms with Crippen molar-refractivity contribution >= 4 is 0 Å². The lowest BCUT2D eigenvalue weighted by molar-refractivity contribution is 0.617. The van der Waals surface area contributed by atoms with E-state index in [1.807, 2.05) is 0 Å². The highest BCUT2D eigenvalue weighted by molar-refractivity contribution is 5.59. The van der Waals surface area contributed by atoms with Crippen LogP contribution in [0.5, 0.6) is 0 Å². The molecule has 0 aromatic heterocycles. The fourth-order valence-corrected chi connectivity index (χ4v) is 4.50. The molecule has 3 aliphatic carbocycles. The number of allylic oxidation sites excluding steroid dienone is 12. The normalized spacial score (nSPS) is 27.6. The first-order chi connectivity index (χ1) is 10.8. The SMILES string of the molecule is CC1=CC(C)(C2=C(C(C)C)CC(C3C=CC=C3)=C2C(C)C)C=C1. The van der Waals surface area contributed by atoms with Crippen molar-refractivity contribution in [3.05, 3.63) is 70.4 Å². The molecule has 3 aliphatic rings. The third kappa shape index (κ3) is 2.73. The molecular formula is C23H30. The molecule has 3 rings (SSSR count). The lowest BCUT2D eigenvalue weighted by Crippen LogP contribution is -2.18. The molecular weight excluding hydrogens is 276 g/mol. The molecule has 0 aromatic rings. The van der Waals surface area contributed by atoms with E-state index in [0.29, 0.717) is 17.8 Å². The molecule has 0 fully saturated rings. The highest BCUT2D eigenvalue weighted by atomic mass is 14.4. The molecule has 0 amide bonds. The molecule has 122 valence electrons. The molecule has 0 heterocycles. The van der Waals surface area contributed by atoms with E-state index in [1.165, 1.54) is 5.57 Å². The van der Waals surface area contributed by atoms with Gasteiger partial charge in [-0.25, -0.2) is 0 Å². The highest BCUT2D eigenvalue weighted by Gasteiger charge is 2.39. The molecule has 0 spiro atoms. The maximum absolute atomic E-state index is 2.45. The Kier molecular flexibility index (Phi) is 4.12. The first-order valence-corrected chi connectivity index (χ1v) is 9.04. The van der Waals surface area contributed by atoms with Gasteiger partial charge in [0.05, 0.1) is 0 Å². The third-order valence-electron chi connectivity index (χ3n) is 5.50. The van der Waals surface area contributed by atoms with Crippen molar-refractivity contribution in [3.63, 3.8) is 0 Å². The lowest BCUT2D eigenvalue weighted by Gasteiger charge is -2.30. The first-order valence-electron chi connectivity index (χ1n) is 9.04. The lowest BCUT2D eigenvalue weighted by atomic mass is 9.74. The summed E-state index contributed by atoms with van der Waals surface area (Å²) < 4.78 is 0. The predicted molar refractivity (Wildman–Crippen MR) is 101 cm³/mol. The molecule has 23 heavy (non-hydrogen) atoms. The summed E-state index contributed by atoms with van der Waals surface area (Å²) in [4.78, 5) is 0. The van der Waals surface area contributed by atoms with Crippen LogP contribution in [0, 0.1) is 23.2 Å². The molecule has 0 aliphatic heterocycles. The second-order valence-corrected chi connectivity index (χ2v) is 8.13. The average Bonchev–Trinajstić information content (AvgIpc) is 3.16. The van der Waals surface area contributed by atoms with Crippen LogP contribution >= 0.6 is 0 Å². The summed E-state index contributed by atoms with van der Waals surface area (Å²) in [6, 6.07) is 0. The molecule has 1 atom stereocenters. The van der Waals surface area contributed by atoms with Gasteiger partial charge in [-0.15, -0.1) is 0 Å². The monoisotopic (exact) mass is 306 g/mol. The van der Waals surface area contributed by atoms with E-state index in [2.05, 4.69) is 84.1 Å². The van der Waals surface area contributed by atoms with Gasteiger partial charge in [-0.05, 0) is 43.3 Å². The van der Waals surface area contributed by atoms with Gasteiger partial charge in [0.25, 0.3) is 0 Å². The first kappa shape index (κ1) is 16.3. The van der Waals surface area contributed by atoms with Crippen molar-refractivity contribution in [2.24, 2.45) is 23.2 Å². The number of rotatable bonds is 4. The Labute approximate surface area is 142 Å². The Morgan fingerprint density at radius 2 is 1.70 bits per heavy atom. The molecule has 0 aromatic carbocycles. The summed E-state index contributed by atoms with van der Waals surface area (Å²) in [6.07, 6.45) is 17.4. The van der Waals surface area contributed by atoms with Gasteiger partial charge in [-0.2, -0.15) is 0 Å². The molecule has 0 bridgehead atoms. The van der Waals surface area contributed by atoms with Crippen LogP contribution in [0.1, 0.15) is 48.0 Å². The van der Waals surface area contributed by atoms with E-state index in [4.69, 9.17) is 0 Å². The second-order valence-electron chi connectivity index (χ2n) is 8.13. The molecule has 0 N–H and O–H groups in total. The van der Waals surface area contributed by atoms with Crippen LogP contribution in [-0.4, -0.2) is 0 Å². The van der Waals surface area contributed by atoms with Crippen molar-refractivity contribution in [1.82, 2.24) is 0 Å². The van der Waals surface area contributed by atoms with Gasteiger partial charge in [0, 0.05) is 11.3 Å². The smallest absolute Gasteiger partial charge is 0.0295 e. The van der Waals surface area contributed by atoms with Crippen LogP contribution in [-0.2, 0) is 0 Å². The van der Waals surface area contributed by atoms with E-state index < -0.39 is 0 Å². The maximum atomic E-state index is 2.45. The van der Waals surface area contributed by atoms with Crippen molar-refractivity contribution < 1.29 is 0 Å². The Bertz CT molecular complexity index is 674. The highest BCUT2D eigenvalue weighted by Crippen LogP contribution is 2.53. The summed E-state index contributed by atoms with van der Waals surface area (Å²) in [6.45, 7) is 14.0. The van der Waals surface area contributed by atoms with Crippen molar-refractivity contribution in [2.45, 2.75) is 48.0 Å². The molecule has 0 nitrogen and oxygen atoms in total. The Morgan fingerprint density at radius 3 is 2.17 bits per heavy atom. The second kappa shape index (κ2) is 5.82. The Hall–Kier alpha value is -1.56. The largest absolute Gasteiger partial charge is 0.0735 e. The summed E-state index contributed by atoms with van der Waals surface area (Å²) in [5, 5.41) is 0. The zero-order valence-corrected chi connectivity index (χ0v) is 15.5. The van der Waals surface area contributed by atoms with E-state index in [1.54, 1.807) is 22.3 Å². The summed E-state index contributed by atoms with van der Waals surface area (Å²) in [5.41, 5.74) is 7.97. The van der Waals surface area contributed by atoms with Crippen LogP contribution in [0.4, 0.5) is 0 Å². The van der Waals surface area contributed by atoms with Crippen molar-refractivity contribution in [2.75, 3.05) is 0 Å². The summed E-state index contributed by atoms with van der Waals surface area (Å²) >= 11 is 0. The molecule has 0 saturated heterocycles. The predicted octanol–water partition coefficient (Wildman–Crippen LogP) is 6.56. The van der Waals surface area contributed by atoms with E-state index in [-0.39, 0.29) is 5.41 Å². The standard InChI is InChI=1S/C23H30/c1-15(2)19-13-20(18-9-7-8-10-18)21(16(3)4)22(19)23(6)12-11-17(5)14-23/h7-12,14-16,18H,13H2,1-6H3. The fraction of sp³-hybridized carbons (Fsp3) is 0.478. The topological polar surface area (TPSA) is 0 Å². The quantitative estimate of drug-likeness (QED) is 0.551. The van der Waals surface area contributed by atoms with Gasteiger partial charge in [-0.3, -0.25) is 0 Å². The zero-order chi connectivity index (χ0) is 16.8. The number of hydrogen-bond acceptors (Lipinski definition) is 0. The number of hydrogen-bond donors (Lipinski definition) is 0. The molecule has 0 saturated carbocycles. The minimum Gasteiger partial charge on any atom is -0.0735 e. The van der Waals surface area contributed by atoms with E-state index in [0.717, 1.165) is 6.42 Å². The van der Waals surface area contributed by atoms with Crippen LogP contribution in [0.15, 0.2) is 70.4 Å². The molecule has 0 heteroatoms. The molecule has 1 unspecified atom stereocenters. The van der Waals surface area contributed by atoms with Crippen LogP contribution in [0.3, 0.4) is 0 Å². The minimum absolute atomic E-state index is 0.0665. The molecule has 0 radical (unpaired) electrons.